The molecule has 0 fully saturated rings. The van der Waals surface area contributed by atoms with Crippen LogP contribution in [0.4, 0.5) is 11.4 Å². The number of carbonyl (C=O) groups is 1. The van der Waals surface area contributed by atoms with Crippen molar-refractivity contribution in [1.29, 1.82) is 0 Å². The van der Waals surface area contributed by atoms with Gasteiger partial charge in [0.25, 0.3) is 15.9 Å². The first-order chi connectivity index (χ1) is 14.6. The van der Waals surface area contributed by atoms with E-state index in [1.807, 2.05) is 0 Å². The fourth-order valence-electron chi connectivity index (χ4n) is 2.60. The molecule has 0 atom stereocenters. The van der Waals surface area contributed by atoms with Gasteiger partial charge in [-0.15, -0.1) is 0 Å². The van der Waals surface area contributed by atoms with Crippen molar-refractivity contribution in [3.63, 3.8) is 0 Å². The molecule has 3 aromatic rings. The van der Waals surface area contributed by atoms with Gasteiger partial charge in [0.1, 0.15) is 5.75 Å². The predicted octanol–water partition coefficient (Wildman–Crippen LogP) is 6.36. The average molecular weight is 520 g/mol. The SMILES string of the molecule is COc1ccc(S(=O)(=O)Nc2cccc(Cl)c2Cl)cc1NC(=O)c1ccc(Cl)cc1Cl. The van der Waals surface area contributed by atoms with Crippen LogP contribution in [0.15, 0.2) is 59.5 Å². The Hall–Kier alpha value is -2.16. The zero-order valence-electron chi connectivity index (χ0n) is 15.7. The van der Waals surface area contributed by atoms with E-state index in [4.69, 9.17) is 51.1 Å². The van der Waals surface area contributed by atoms with Crippen molar-refractivity contribution in [2.75, 3.05) is 17.1 Å². The summed E-state index contributed by atoms with van der Waals surface area (Å²) in [4.78, 5) is 12.5. The van der Waals surface area contributed by atoms with Gasteiger partial charge < -0.3 is 10.1 Å². The first kappa shape index (κ1) is 23.5. The summed E-state index contributed by atoms with van der Waals surface area (Å²) in [6.45, 7) is 0. The van der Waals surface area contributed by atoms with Gasteiger partial charge in [-0.1, -0.05) is 52.5 Å². The number of benzene rings is 3. The molecule has 0 aromatic heterocycles. The highest BCUT2D eigenvalue weighted by atomic mass is 35.5. The van der Waals surface area contributed by atoms with Crippen molar-refractivity contribution in [3.8, 4) is 5.75 Å². The van der Waals surface area contributed by atoms with Gasteiger partial charge in [0.15, 0.2) is 0 Å². The van der Waals surface area contributed by atoms with Crippen molar-refractivity contribution in [1.82, 2.24) is 0 Å². The van der Waals surface area contributed by atoms with Gasteiger partial charge in [0.05, 0.1) is 44.0 Å². The Balaban J connectivity index is 1.94. The van der Waals surface area contributed by atoms with E-state index in [9.17, 15) is 13.2 Å². The van der Waals surface area contributed by atoms with E-state index in [2.05, 4.69) is 10.0 Å². The number of nitrogens with one attached hydrogen (secondary N) is 2. The molecule has 3 rings (SSSR count). The highest BCUT2D eigenvalue weighted by molar-refractivity contribution is 7.92. The Morgan fingerprint density at radius 3 is 2.32 bits per heavy atom. The lowest BCUT2D eigenvalue weighted by Crippen LogP contribution is -2.16. The second kappa shape index (κ2) is 9.54. The molecule has 0 spiro atoms. The summed E-state index contributed by atoms with van der Waals surface area (Å²) in [5, 5.41) is 3.38. The van der Waals surface area contributed by atoms with Crippen molar-refractivity contribution in [2.45, 2.75) is 4.90 Å². The fraction of sp³-hybridized carbons (Fsp3) is 0.0500. The lowest BCUT2D eigenvalue weighted by Gasteiger charge is -2.14. The van der Waals surface area contributed by atoms with Crippen LogP contribution < -0.4 is 14.8 Å². The summed E-state index contributed by atoms with van der Waals surface area (Å²) in [5.74, 6) is -0.321. The summed E-state index contributed by atoms with van der Waals surface area (Å²) in [6, 6.07) is 12.9. The smallest absolute Gasteiger partial charge is 0.262 e. The van der Waals surface area contributed by atoms with Crippen molar-refractivity contribution in [3.05, 3.63) is 80.3 Å². The van der Waals surface area contributed by atoms with Crippen LogP contribution in [0.3, 0.4) is 0 Å². The first-order valence-corrected chi connectivity index (χ1v) is 11.5. The van der Waals surface area contributed by atoms with E-state index < -0.39 is 15.9 Å². The molecule has 11 heteroatoms. The van der Waals surface area contributed by atoms with E-state index in [1.54, 1.807) is 6.07 Å². The zero-order chi connectivity index (χ0) is 22.8. The Bertz CT molecular complexity index is 1270. The number of hydrogen-bond donors (Lipinski definition) is 2. The Labute approximate surface area is 199 Å². The molecule has 0 saturated carbocycles. The van der Waals surface area contributed by atoms with E-state index in [0.717, 1.165) is 0 Å². The standard InChI is InChI=1S/C20H14Cl4N2O4S/c1-30-18-8-6-12(31(28,29)26-16-4-2-3-14(22)19(16)24)10-17(18)25-20(27)13-7-5-11(21)9-15(13)23/h2-10,26H,1H3,(H,25,27). The second-order valence-corrected chi connectivity index (χ2v) is 9.46. The molecule has 2 N–H and O–H groups in total. The van der Waals surface area contributed by atoms with Crippen LogP contribution in [0.25, 0.3) is 0 Å². The van der Waals surface area contributed by atoms with Gasteiger partial charge >= 0.3 is 0 Å². The molecular formula is C20H14Cl4N2O4S. The van der Waals surface area contributed by atoms with Crippen LogP contribution in [0.5, 0.6) is 5.75 Å². The highest BCUT2D eigenvalue weighted by Crippen LogP contribution is 2.33. The molecule has 0 unspecified atom stereocenters. The maximum atomic E-state index is 12.9. The molecule has 162 valence electrons. The molecule has 0 saturated heterocycles. The van der Waals surface area contributed by atoms with Crippen molar-refractivity contribution in [2.24, 2.45) is 0 Å². The number of rotatable bonds is 6. The van der Waals surface area contributed by atoms with Crippen LogP contribution in [0.1, 0.15) is 10.4 Å². The fourth-order valence-corrected chi connectivity index (χ4v) is 4.60. The zero-order valence-corrected chi connectivity index (χ0v) is 19.6. The normalized spacial score (nSPS) is 11.1. The van der Waals surface area contributed by atoms with Crippen molar-refractivity contribution >= 4 is 73.7 Å². The predicted molar refractivity (Wildman–Crippen MR) is 125 cm³/mol. The largest absolute Gasteiger partial charge is 0.495 e. The number of hydrogen-bond acceptors (Lipinski definition) is 4. The van der Waals surface area contributed by atoms with E-state index in [1.165, 1.54) is 55.6 Å². The number of amides is 1. The van der Waals surface area contributed by atoms with Crippen LogP contribution >= 0.6 is 46.4 Å². The molecule has 0 aliphatic carbocycles. The average Bonchev–Trinajstić information content (AvgIpc) is 2.71. The number of sulfonamides is 1. The maximum absolute atomic E-state index is 12.9. The monoisotopic (exact) mass is 518 g/mol. The van der Waals surface area contributed by atoms with E-state index >= 15 is 0 Å². The van der Waals surface area contributed by atoms with Crippen LogP contribution in [-0.4, -0.2) is 21.4 Å². The summed E-state index contributed by atoms with van der Waals surface area (Å²) in [6.07, 6.45) is 0. The van der Waals surface area contributed by atoms with Gasteiger partial charge in [0, 0.05) is 5.02 Å². The van der Waals surface area contributed by atoms with Gasteiger partial charge in [-0.2, -0.15) is 0 Å². The van der Waals surface area contributed by atoms with Gasteiger partial charge in [-0.05, 0) is 48.5 Å². The molecule has 6 nitrogen and oxygen atoms in total. The Morgan fingerprint density at radius 2 is 1.65 bits per heavy atom. The van der Waals surface area contributed by atoms with Crippen LogP contribution in [0.2, 0.25) is 20.1 Å². The molecule has 0 aliphatic rings. The molecule has 0 heterocycles. The number of methoxy groups -OCH3 is 1. The van der Waals surface area contributed by atoms with Crippen LogP contribution in [-0.2, 0) is 10.0 Å². The van der Waals surface area contributed by atoms with Crippen LogP contribution in [0, 0.1) is 0 Å². The molecule has 0 aliphatic heterocycles. The van der Waals surface area contributed by atoms with E-state index in [-0.39, 0.29) is 42.7 Å². The minimum Gasteiger partial charge on any atom is -0.495 e. The third-order valence-corrected chi connectivity index (χ3v) is 6.83. The lowest BCUT2D eigenvalue weighted by molar-refractivity contribution is 0.102. The molecule has 31 heavy (non-hydrogen) atoms. The number of halogens is 4. The molecule has 3 aromatic carbocycles. The highest BCUT2D eigenvalue weighted by Gasteiger charge is 2.20. The Morgan fingerprint density at radius 1 is 0.903 bits per heavy atom. The quantitative estimate of drug-likeness (QED) is 0.396. The second-order valence-electron chi connectivity index (χ2n) is 6.15. The summed E-state index contributed by atoms with van der Waals surface area (Å²) < 4.78 is 33.3. The number of anilines is 2. The number of ether oxygens (including phenoxy) is 1. The lowest BCUT2D eigenvalue weighted by atomic mass is 10.2. The molecular weight excluding hydrogens is 506 g/mol. The minimum absolute atomic E-state index is 0.0622. The maximum Gasteiger partial charge on any atom is 0.262 e. The summed E-state index contributed by atoms with van der Waals surface area (Å²) in [7, 11) is -2.67. The summed E-state index contributed by atoms with van der Waals surface area (Å²) >= 11 is 24.0. The third-order valence-electron chi connectivity index (χ3n) is 4.10. The Kier molecular flexibility index (Phi) is 7.24. The van der Waals surface area contributed by atoms with Gasteiger partial charge in [-0.25, -0.2) is 8.42 Å². The van der Waals surface area contributed by atoms with E-state index in [0.29, 0.717) is 5.02 Å². The molecule has 1 amide bonds. The minimum atomic E-state index is -4.06. The molecule has 0 radical (unpaired) electrons. The van der Waals surface area contributed by atoms with Gasteiger partial charge in [-0.3, -0.25) is 9.52 Å². The number of carbonyl (C=O) groups excluding carboxylic acids is 1. The molecule has 0 bridgehead atoms. The van der Waals surface area contributed by atoms with Gasteiger partial charge in [0.2, 0.25) is 0 Å². The topological polar surface area (TPSA) is 84.5 Å². The summed E-state index contributed by atoms with van der Waals surface area (Å²) in [5.41, 5.74) is 0.396. The third kappa shape index (κ3) is 5.37. The van der Waals surface area contributed by atoms with Crippen molar-refractivity contribution < 1.29 is 17.9 Å². The first-order valence-electron chi connectivity index (χ1n) is 8.53.